The van der Waals surface area contributed by atoms with Gasteiger partial charge in [0.25, 0.3) is 0 Å². The number of piperidine rings is 1. The van der Waals surface area contributed by atoms with E-state index in [9.17, 15) is 4.79 Å². The van der Waals surface area contributed by atoms with E-state index in [1.165, 1.54) is 11.8 Å². The number of amides is 1. The van der Waals surface area contributed by atoms with E-state index >= 15 is 0 Å². The van der Waals surface area contributed by atoms with Crippen molar-refractivity contribution >= 4 is 23.6 Å². The summed E-state index contributed by atoms with van der Waals surface area (Å²) in [6.07, 6.45) is 5.48. The third-order valence-electron chi connectivity index (χ3n) is 4.51. The second-order valence-electron chi connectivity index (χ2n) is 6.50. The van der Waals surface area contributed by atoms with Crippen LogP contribution >= 0.6 is 11.8 Å². The van der Waals surface area contributed by atoms with Crippen molar-refractivity contribution in [2.75, 3.05) is 37.0 Å². The van der Waals surface area contributed by atoms with Crippen LogP contribution in [-0.4, -0.2) is 54.0 Å². The Hall–Kier alpha value is -2.48. The molecular weight excluding hydrogens is 364 g/mol. The van der Waals surface area contributed by atoms with E-state index in [1.54, 1.807) is 12.4 Å². The average molecular weight is 386 g/mol. The molecule has 1 unspecified atom stereocenters. The van der Waals surface area contributed by atoms with E-state index < -0.39 is 0 Å². The number of carbonyl (C=O) groups excluding carboxylic acids is 1. The van der Waals surface area contributed by atoms with Gasteiger partial charge in [0.15, 0.2) is 11.5 Å². The Kier molecular flexibility index (Phi) is 5.62. The van der Waals surface area contributed by atoms with Crippen molar-refractivity contribution in [1.29, 1.82) is 0 Å². The maximum atomic E-state index is 12.4. The standard InChI is InChI=1S/C19H22N4O3S/c24-18(13-27-15-4-5-16-17(11-15)26-10-9-25-16)22-14-3-1-8-23(12-14)19-20-6-2-7-21-19/h2,4-7,11,14H,1,3,8-10,12-13H2,(H,22,24). The Balaban J connectivity index is 1.28. The van der Waals surface area contributed by atoms with Gasteiger partial charge >= 0.3 is 0 Å². The summed E-state index contributed by atoms with van der Waals surface area (Å²) in [5, 5.41) is 3.14. The summed E-state index contributed by atoms with van der Waals surface area (Å²) in [6.45, 7) is 2.80. The maximum Gasteiger partial charge on any atom is 0.230 e. The van der Waals surface area contributed by atoms with E-state index in [0.29, 0.717) is 19.0 Å². The highest BCUT2D eigenvalue weighted by molar-refractivity contribution is 8.00. The van der Waals surface area contributed by atoms with Gasteiger partial charge in [-0.25, -0.2) is 9.97 Å². The summed E-state index contributed by atoms with van der Waals surface area (Å²) < 4.78 is 11.1. The third kappa shape index (κ3) is 4.63. The molecule has 8 heteroatoms. The lowest BCUT2D eigenvalue weighted by molar-refractivity contribution is -0.119. The molecule has 2 aliphatic heterocycles. The summed E-state index contributed by atoms with van der Waals surface area (Å²) in [7, 11) is 0. The van der Waals surface area contributed by atoms with Crippen molar-refractivity contribution in [3.63, 3.8) is 0 Å². The zero-order valence-electron chi connectivity index (χ0n) is 15.0. The minimum atomic E-state index is 0.0377. The molecule has 0 radical (unpaired) electrons. The number of ether oxygens (including phenoxy) is 2. The number of hydrogen-bond acceptors (Lipinski definition) is 7. The van der Waals surface area contributed by atoms with E-state index in [-0.39, 0.29) is 11.9 Å². The molecule has 0 saturated carbocycles. The largest absolute Gasteiger partial charge is 0.486 e. The molecule has 1 aromatic carbocycles. The number of hydrogen-bond donors (Lipinski definition) is 1. The number of rotatable bonds is 5. The molecule has 2 aliphatic rings. The monoisotopic (exact) mass is 386 g/mol. The van der Waals surface area contributed by atoms with E-state index in [2.05, 4.69) is 20.2 Å². The Morgan fingerprint density at radius 2 is 2.04 bits per heavy atom. The van der Waals surface area contributed by atoms with Crippen LogP contribution in [0.15, 0.2) is 41.6 Å². The molecular formula is C19H22N4O3S. The first-order valence-electron chi connectivity index (χ1n) is 9.12. The second-order valence-corrected chi connectivity index (χ2v) is 7.54. The molecule has 142 valence electrons. The second kappa shape index (κ2) is 8.47. The maximum absolute atomic E-state index is 12.4. The summed E-state index contributed by atoms with van der Waals surface area (Å²) in [5.74, 6) is 2.65. The lowest BCUT2D eigenvalue weighted by atomic mass is 10.1. The fraction of sp³-hybridized carbons (Fsp3) is 0.421. The number of thioether (sulfide) groups is 1. The number of fused-ring (bicyclic) bond motifs is 1. The van der Waals surface area contributed by atoms with Crippen LogP contribution in [0.2, 0.25) is 0 Å². The van der Waals surface area contributed by atoms with Crippen molar-refractivity contribution in [1.82, 2.24) is 15.3 Å². The first kappa shape index (κ1) is 17.9. The van der Waals surface area contributed by atoms with Crippen LogP contribution in [0.3, 0.4) is 0 Å². The minimum Gasteiger partial charge on any atom is -0.486 e. The molecule has 1 atom stereocenters. The number of nitrogens with one attached hydrogen (secondary N) is 1. The van der Waals surface area contributed by atoms with Gasteiger partial charge in [-0.05, 0) is 37.1 Å². The molecule has 27 heavy (non-hydrogen) atoms. The summed E-state index contributed by atoms with van der Waals surface area (Å²) in [6, 6.07) is 7.72. The van der Waals surface area contributed by atoms with Crippen LogP contribution in [0.5, 0.6) is 11.5 Å². The van der Waals surface area contributed by atoms with Crippen molar-refractivity contribution in [3.05, 3.63) is 36.7 Å². The molecule has 3 heterocycles. The van der Waals surface area contributed by atoms with E-state index in [0.717, 1.165) is 48.3 Å². The van der Waals surface area contributed by atoms with Gasteiger partial charge in [-0.1, -0.05) is 0 Å². The SMILES string of the molecule is O=C(CSc1ccc2c(c1)OCCO2)NC1CCCN(c2ncccn2)C1. The van der Waals surface area contributed by atoms with E-state index in [4.69, 9.17) is 9.47 Å². The highest BCUT2D eigenvalue weighted by atomic mass is 32.2. The van der Waals surface area contributed by atoms with Gasteiger partial charge in [0.2, 0.25) is 11.9 Å². The zero-order chi connectivity index (χ0) is 18.5. The average Bonchev–Trinajstić information content (AvgIpc) is 2.73. The van der Waals surface area contributed by atoms with E-state index in [1.807, 2.05) is 24.3 Å². The van der Waals surface area contributed by atoms with Gasteiger partial charge in [-0.3, -0.25) is 4.79 Å². The Morgan fingerprint density at radius 3 is 2.89 bits per heavy atom. The first-order valence-corrected chi connectivity index (χ1v) is 10.1. The van der Waals surface area contributed by atoms with Crippen LogP contribution in [0.1, 0.15) is 12.8 Å². The lowest BCUT2D eigenvalue weighted by Gasteiger charge is -2.33. The fourth-order valence-electron chi connectivity index (χ4n) is 3.26. The van der Waals surface area contributed by atoms with Crippen LogP contribution in [0.4, 0.5) is 5.95 Å². The number of aromatic nitrogens is 2. The number of benzene rings is 1. The summed E-state index contributed by atoms with van der Waals surface area (Å²) in [4.78, 5) is 24.1. The zero-order valence-corrected chi connectivity index (χ0v) is 15.8. The number of carbonyl (C=O) groups is 1. The molecule has 4 rings (SSSR count). The van der Waals surface area contributed by atoms with Gasteiger partial charge in [0.1, 0.15) is 13.2 Å². The molecule has 2 aromatic rings. The number of anilines is 1. The third-order valence-corrected chi connectivity index (χ3v) is 5.50. The first-order chi connectivity index (χ1) is 13.3. The predicted octanol–water partition coefficient (Wildman–Crippen LogP) is 2.13. The topological polar surface area (TPSA) is 76.6 Å². The highest BCUT2D eigenvalue weighted by Gasteiger charge is 2.23. The molecule has 1 N–H and O–H groups in total. The van der Waals surface area contributed by atoms with Crippen LogP contribution < -0.4 is 19.7 Å². The lowest BCUT2D eigenvalue weighted by Crippen LogP contribution is -2.48. The van der Waals surface area contributed by atoms with Crippen LogP contribution in [0.25, 0.3) is 0 Å². The van der Waals surface area contributed by atoms with Crippen LogP contribution in [0, 0.1) is 0 Å². The van der Waals surface area contributed by atoms with Gasteiger partial charge in [-0.2, -0.15) is 0 Å². The normalized spacial score (nSPS) is 18.8. The molecule has 0 bridgehead atoms. The van der Waals surface area contributed by atoms with Crippen molar-refractivity contribution in [2.24, 2.45) is 0 Å². The van der Waals surface area contributed by atoms with Gasteiger partial charge in [0, 0.05) is 36.4 Å². The molecule has 0 spiro atoms. The van der Waals surface area contributed by atoms with Gasteiger partial charge in [0.05, 0.1) is 5.75 Å². The molecule has 1 fully saturated rings. The minimum absolute atomic E-state index is 0.0377. The fourth-order valence-corrected chi connectivity index (χ4v) is 4.00. The summed E-state index contributed by atoms with van der Waals surface area (Å²) in [5.41, 5.74) is 0. The number of nitrogens with zero attached hydrogens (tertiary/aromatic N) is 3. The smallest absolute Gasteiger partial charge is 0.230 e. The van der Waals surface area contributed by atoms with Gasteiger partial charge in [-0.15, -0.1) is 11.8 Å². The Labute approximate surface area is 162 Å². The predicted molar refractivity (Wildman–Crippen MR) is 104 cm³/mol. The quantitative estimate of drug-likeness (QED) is 0.789. The highest BCUT2D eigenvalue weighted by Crippen LogP contribution is 2.34. The molecule has 1 saturated heterocycles. The van der Waals surface area contributed by atoms with Crippen LogP contribution in [-0.2, 0) is 4.79 Å². The van der Waals surface area contributed by atoms with Crippen molar-refractivity contribution in [2.45, 2.75) is 23.8 Å². The molecule has 0 aliphatic carbocycles. The Morgan fingerprint density at radius 1 is 1.22 bits per heavy atom. The molecule has 1 amide bonds. The van der Waals surface area contributed by atoms with Crippen molar-refractivity contribution < 1.29 is 14.3 Å². The van der Waals surface area contributed by atoms with Crippen molar-refractivity contribution in [3.8, 4) is 11.5 Å². The summed E-state index contributed by atoms with van der Waals surface area (Å²) >= 11 is 1.50. The van der Waals surface area contributed by atoms with Gasteiger partial charge < -0.3 is 19.7 Å². The molecule has 7 nitrogen and oxygen atoms in total. The Bertz CT molecular complexity index is 790. The molecule has 1 aromatic heterocycles.